The second kappa shape index (κ2) is 19.4. The van der Waals surface area contributed by atoms with Crippen LogP contribution in [0.2, 0.25) is 18.1 Å². The predicted octanol–water partition coefficient (Wildman–Crippen LogP) is 9.77. The molecule has 0 saturated carbocycles. The lowest BCUT2D eigenvalue weighted by Crippen LogP contribution is -2.58. The van der Waals surface area contributed by atoms with Gasteiger partial charge >= 0.3 is 12.2 Å². The van der Waals surface area contributed by atoms with Crippen molar-refractivity contribution in [2.24, 2.45) is 5.92 Å². The molecule has 0 radical (unpaired) electrons. The zero-order chi connectivity index (χ0) is 50.3. The van der Waals surface area contributed by atoms with Crippen LogP contribution in [0.4, 0.5) is 21.0 Å². The summed E-state index contributed by atoms with van der Waals surface area (Å²) >= 11 is 0. The van der Waals surface area contributed by atoms with E-state index in [9.17, 15) is 29.1 Å². The first-order valence-corrected chi connectivity index (χ1v) is 26.3. The molecule has 1 unspecified atom stereocenters. The van der Waals surface area contributed by atoms with Crippen LogP contribution in [-0.2, 0) is 23.5 Å². The maximum absolute atomic E-state index is 14.7. The van der Waals surface area contributed by atoms with Crippen LogP contribution < -0.4 is 25.6 Å². The number of methoxy groups -OCH3 is 1. The molecule has 0 aromatic heterocycles. The van der Waals surface area contributed by atoms with Gasteiger partial charge in [0.1, 0.15) is 24.3 Å². The lowest BCUT2D eigenvalue weighted by Gasteiger charge is -2.44. The van der Waals surface area contributed by atoms with Gasteiger partial charge in [-0.25, -0.2) is 14.5 Å². The molecule has 366 valence electrons. The lowest BCUT2D eigenvalue weighted by molar-refractivity contribution is -0.128. The number of hydrogen-bond acceptors (Lipinski definition) is 10. The van der Waals surface area contributed by atoms with Gasteiger partial charge in [0, 0.05) is 23.9 Å². The summed E-state index contributed by atoms with van der Waals surface area (Å²) in [7, 11) is -1.29. The molecule has 16 heteroatoms. The van der Waals surface area contributed by atoms with Gasteiger partial charge in [-0.3, -0.25) is 14.4 Å². The molecule has 2 heterocycles. The second-order valence-electron chi connectivity index (χ2n) is 20.8. The Morgan fingerprint density at radius 1 is 0.826 bits per heavy atom. The number of hydrogen-bond donors (Lipinski definition) is 4. The molecule has 69 heavy (non-hydrogen) atoms. The molecule has 4 aromatic rings. The second-order valence-corrected chi connectivity index (χ2v) is 25.5. The first-order chi connectivity index (χ1) is 32.4. The van der Waals surface area contributed by atoms with Crippen LogP contribution in [0.15, 0.2) is 91.1 Å². The molecule has 2 aliphatic heterocycles. The molecule has 0 bridgehead atoms. The largest absolute Gasteiger partial charge is 0.504 e. The van der Waals surface area contributed by atoms with Crippen molar-refractivity contribution in [3.05, 3.63) is 113 Å². The minimum atomic E-state index is -2.68. The van der Waals surface area contributed by atoms with Crippen LogP contribution in [0.1, 0.15) is 102 Å². The molecule has 5 amide bonds. The van der Waals surface area contributed by atoms with E-state index in [1.807, 2.05) is 48.5 Å². The Bertz CT molecular complexity index is 2620. The van der Waals surface area contributed by atoms with Gasteiger partial charge in [-0.05, 0) is 110 Å². The third-order valence-electron chi connectivity index (χ3n) is 13.3. The number of nitrogens with one attached hydrogen (secondary N) is 3. The maximum Gasteiger partial charge on any atom is 0.417 e. The number of anilines is 2. The number of phenolic OH excluding ortho intramolecular Hbond substituents is 1. The summed E-state index contributed by atoms with van der Waals surface area (Å²) in [5.41, 5.74) is 5.70. The number of carbonyl (C=O) groups excluding carboxylic acids is 5. The number of aromatic hydroxyl groups is 1. The van der Waals surface area contributed by atoms with Crippen molar-refractivity contribution in [1.29, 1.82) is 0 Å². The van der Waals surface area contributed by atoms with E-state index >= 15 is 0 Å². The number of fused-ring (bicyclic) bond motifs is 5. The Morgan fingerprint density at radius 3 is 2.00 bits per heavy atom. The van der Waals surface area contributed by atoms with Gasteiger partial charge in [-0.2, -0.15) is 0 Å². The zero-order valence-electron chi connectivity index (χ0n) is 41.6. The fourth-order valence-corrected chi connectivity index (χ4v) is 9.85. The van der Waals surface area contributed by atoms with Crippen LogP contribution in [0, 0.1) is 5.92 Å². The monoisotopic (exact) mass is 959 g/mol. The highest BCUT2D eigenvalue weighted by Gasteiger charge is 2.51. The van der Waals surface area contributed by atoms with E-state index in [4.69, 9.17) is 18.6 Å². The summed E-state index contributed by atoms with van der Waals surface area (Å²) in [6, 6.07) is 23.3. The van der Waals surface area contributed by atoms with E-state index in [1.165, 1.54) is 24.1 Å². The van der Waals surface area contributed by atoms with E-state index in [0.29, 0.717) is 5.69 Å². The Kier molecular flexibility index (Phi) is 14.1. The highest BCUT2D eigenvalue weighted by atomic mass is 28.4. The average Bonchev–Trinajstić information content (AvgIpc) is 3.84. The summed E-state index contributed by atoms with van der Waals surface area (Å²) in [4.78, 5) is 72.1. The molecule has 4 aromatic carbocycles. The van der Waals surface area contributed by atoms with Crippen LogP contribution in [0.3, 0.4) is 0 Å². The van der Waals surface area contributed by atoms with Gasteiger partial charge in [0.25, 0.3) is 5.91 Å². The van der Waals surface area contributed by atoms with Crippen molar-refractivity contribution in [3.63, 3.8) is 0 Å². The third-order valence-corrected chi connectivity index (χ3v) is 17.8. The number of amides is 5. The molecule has 15 nitrogen and oxygen atoms in total. The fraction of sp³-hybridized carbons (Fsp3) is 0.415. The Morgan fingerprint density at radius 2 is 1.43 bits per heavy atom. The summed E-state index contributed by atoms with van der Waals surface area (Å²) in [6.07, 6.45) is -0.453. The number of nitrogens with zero attached hydrogens (tertiary/aromatic N) is 2. The van der Waals surface area contributed by atoms with Crippen molar-refractivity contribution >= 4 is 55.2 Å². The summed E-state index contributed by atoms with van der Waals surface area (Å²) < 4.78 is 24.2. The molecule has 4 atom stereocenters. The Hall–Kier alpha value is -6.65. The van der Waals surface area contributed by atoms with E-state index in [-0.39, 0.29) is 52.7 Å². The number of benzene rings is 4. The number of carbonyl (C=O) groups is 5. The molecule has 0 fully saturated rings. The SMILES string of the molecule is COc1cc2c(cc1O)N(C(=O)OC(C)(C)C)[C@@H](O[Si](C)(C)C(C)(C)C)C1CC(c3ccc(NC(=O)[C@H](C)NC(=O)[C@@H](NC(=O)OCC4c5ccccc5-c5ccccc54)C(C)C)cc3)=CN1C2=O. The molecule has 0 saturated heterocycles. The Balaban J connectivity index is 1.04. The van der Waals surface area contributed by atoms with Crippen molar-refractivity contribution in [2.45, 2.75) is 123 Å². The van der Waals surface area contributed by atoms with Gasteiger partial charge in [-0.15, -0.1) is 0 Å². The zero-order valence-corrected chi connectivity index (χ0v) is 42.6. The van der Waals surface area contributed by atoms with E-state index < -0.39 is 68.2 Å². The number of ether oxygens (including phenoxy) is 3. The van der Waals surface area contributed by atoms with Gasteiger partial charge in [-0.1, -0.05) is 95.3 Å². The number of rotatable bonds is 12. The Labute approximate surface area is 405 Å². The first kappa shape index (κ1) is 50.2. The minimum absolute atomic E-state index is 0.0615. The van der Waals surface area contributed by atoms with Gasteiger partial charge in [0.05, 0.1) is 24.4 Å². The summed E-state index contributed by atoms with van der Waals surface area (Å²) in [5.74, 6) is -2.10. The molecule has 1 aliphatic carbocycles. The third kappa shape index (κ3) is 10.5. The fourth-order valence-electron chi connectivity index (χ4n) is 8.63. The van der Waals surface area contributed by atoms with Gasteiger partial charge < -0.3 is 44.6 Å². The quantitative estimate of drug-likeness (QED) is 0.0997. The van der Waals surface area contributed by atoms with E-state index in [2.05, 4.69) is 61.9 Å². The summed E-state index contributed by atoms with van der Waals surface area (Å²) in [5, 5.41) is 19.0. The standard InChI is InChI=1S/C53H65N5O10Si/c1-30(2)45(56-50(63)66-29-40-37-19-15-13-17-35(37)36-18-14-16-20-38(36)40)47(61)54-31(3)46(60)55-34-23-21-32(22-24-34)33-25-42-49(68-69(11,12)53(7,8)9)58(51(64)67-52(4,5)6)41-27-43(59)44(65-10)26-39(41)48(62)57(42)28-33/h13-24,26-28,30-31,40,42,45,49,59H,25,29H2,1-12H3,(H,54,61)(H,55,60)(H,56,63)/t31-,42?,45-,49-/m0/s1. The molecular formula is C53H65N5O10Si. The molecule has 7 rings (SSSR count). The van der Waals surface area contributed by atoms with Crippen LogP contribution in [0.25, 0.3) is 16.7 Å². The smallest absolute Gasteiger partial charge is 0.417 e. The van der Waals surface area contributed by atoms with Crippen LogP contribution in [-0.4, -0.2) is 91.9 Å². The molecule has 0 spiro atoms. The topological polar surface area (TPSA) is 185 Å². The first-order valence-electron chi connectivity index (χ1n) is 23.4. The van der Waals surface area contributed by atoms with Crippen molar-refractivity contribution in [1.82, 2.24) is 15.5 Å². The summed E-state index contributed by atoms with van der Waals surface area (Å²) in [6.45, 7) is 20.9. The number of phenols is 1. The van der Waals surface area contributed by atoms with Gasteiger partial charge in [0.2, 0.25) is 11.8 Å². The minimum Gasteiger partial charge on any atom is -0.504 e. The van der Waals surface area contributed by atoms with Crippen LogP contribution in [0.5, 0.6) is 11.5 Å². The molecular weight excluding hydrogens is 895 g/mol. The van der Waals surface area contributed by atoms with E-state index in [0.717, 1.165) is 33.4 Å². The highest BCUT2D eigenvalue weighted by Crippen LogP contribution is 2.47. The van der Waals surface area contributed by atoms with Crippen molar-refractivity contribution in [3.8, 4) is 22.6 Å². The molecule has 4 N–H and O–H groups in total. The maximum atomic E-state index is 14.7. The number of alkyl carbamates (subject to hydrolysis) is 1. The molecule has 3 aliphatic rings. The lowest BCUT2D eigenvalue weighted by atomic mass is 9.98. The van der Waals surface area contributed by atoms with Crippen molar-refractivity contribution < 1.29 is 47.7 Å². The predicted molar refractivity (Wildman–Crippen MR) is 268 cm³/mol. The average molecular weight is 960 g/mol. The normalized spacial score (nSPS) is 17.6. The van der Waals surface area contributed by atoms with Gasteiger partial charge in [0.15, 0.2) is 26.0 Å². The van der Waals surface area contributed by atoms with E-state index in [1.54, 1.807) is 64.8 Å². The highest BCUT2D eigenvalue weighted by molar-refractivity contribution is 6.74. The van der Waals surface area contributed by atoms with Crippen LogP contribution >= 0.6 is 0 Å². The van der Waals surface area contributed by atoms with Crippen molar-refractivity contribution in [2.75, 3.05) is 23.9 Å².